The van der Waals surface area contributed by atoms with Gasteiger partial charge in [0.1, 0.15) is 23.4 Å². The van der Waals surface area contributed by atoms with Crippen molar-refractivity contribution < 1.29 is 23.0 Å². The normalized spacial score (nSPS) is 14.4. The molecule has 7 nitrogen and oxygen atoms in total. The van der Waals surface area contributed by atoms with Crippen LogP contribution in [0.4, 0.5) is 22.9 Å². The summed E-state index contributed by atoms with van der Waals surface area (Å²) in [6.45, 7) is 6.05. The molecule has 0 saturated heterocycles. The van der Waals surface area contributed by atoms with Gasteiger partial charge in [0.25, 0.3) is 6.33 Å². The number of imidazole rings is 1. The van der Waals surface area contributed by atoms with E-state index in [0.29, 0.717) is 28.3 Å². The number of aromatic nitrogens is 3. The van der Waals surface area contributed by atoms with Crippen LogP contribution in [0.2, 0.25) is 0 Å². The van der Waals surface area contributed by atoms with Crippen molar-refractivity contribution in [1.82, 2.24) is 9.55 Å². The molecule has 0 spiro atoms. The lowest BCUT2D eigenvalue weighted by molar-refractivity contribution is -0.571. The van der Waals surface area contributed by atoms with E-state index >= 15 is 0 Å². The smallest absolute Gasteiger partial charge is 0.422 e. The first kappa shape index (κ1) is 34.0. The molecule has 4 heterocycles. The van der Waals surface area contributed by atoms with Crippen molar-refractivity contribution in [3.63, 3.8) is 0 Å². The van der Waals surface area contributed by atoms with Crippen LogP contribution in [0, 0.1) is 17.7 Å². The number of hydrogen-bond acceptors (Lipinski definition) is 5. The molecule has 346 valence electrons. The number of rotatable bonds is 7. The number of hydrogen-bond donors (Lipinski definition) is 0. The minimum atomic E-state index is -0.587. The SMILES string of the molecule is [2H]c1c([2H])c([2H])c(-c2cccc(-c3c([2H])c([2H])c([2H])c([2H])c3[2H])c2-[n+]2[c-]n(-c3cccc(Oc4cc5c(cc4C#N)N4B(c6ccccc6-c6ccccc6-c6ccccc64)N5c4cc(C(C)(C)C)ccn4)c3)c3ccccc32)c([2H])c1[2H]. The molecule has 0 bridgehead atoms. The second-order valence-electron chi connectivity index (χ2n) is 18.9. The van der Waals surface area contributed by atoms with Crippen LogP contribution in [-0.2, 0) is 5.41 Å². The fraction of sp³-hybridized carbons (Fsp3) is 0.0615. The van der Waals surface area contributed by atoms with Gasteiger partial charge in [-0.25, -0.2) is 4.98 Å². The van der Waals surface area contributed by atoms with Gasteiger partial charge in [-0.3, -0.25) is 9.13 Å². The molecule has 0 saturated carbocycles. The van der Waals surface area contributed by atoms with Gasteiger partial charge in [0, 0.05) is 23.5 Å². The quantitative estimate of drug-likeness (QED) is 0.0905. The van der Waals surface area contributed by atoms with Gasteiger partial charge in [-0.2, -0.15) is 5.26 Å². The molecule has 0 unspecified atom stereocenters. The van der Waals surface area contributed by atoms with E-state index < -0.39 is 67.4 Å². The Morgan fingerprint density at radius 3 is 1.95 bits per heavy atom. The number of nitriles is 1. The van der Waals surface area contributed by atoms with Crippen molar-refractivity contribution >= 4 is 46.4 Å². The summed E-state index contributed by atoms with van der Waals surface area (Å²) >= 11 is 0. The van der Waals surface area contributed by atoms with Gasteiger partial charge < -0.3 is 14.4 Å². The monoisotopic (exact) mass is 948 g/mol. The number of fused-ring (bicyclic) bond motifs is 11. The van der Waals surface area contributed by atoms with Gasteiger partial charge in [-0.15, -0.1) is 0 Å². The summed E-state index contributed by atoms with van der Waals surface area (Å²) in [6, 6.07) is 49.5. The van der Waals surface area contributed by atoms with Gasteiger partial charge in [0.15, 0.2) is 0 Å². The zero-order chi connectivity index (χ0) is 57.9. The Hall–Kier alpha value is -9.45. The molecule has 0 aliphatic carbocycles. The van der Waals surface area contributed by atoms with E-state index in [0.717, 1.165) is 50.3 Å². The highest BCUT2D eigenvalue weighted by Crippen LogP contribution is 2.53. The Bertz CT molecular complexity index is 4470. The maximum atomic E-state index is 11.2. The van der Waals surface area contributed by atoms with Crippen molar-refractivity contribution in [2.75, 3.05) is 9.62 Å². The second-order valence-corrected chi connectivity index (χ2v) is 18.9. The first-order valence-electron chi connectivity index (χ1n) is 28.9. The topological polar surface area (TPSA) is 61.2 Å². The van der Waals surface area contributed by atoms with E-state index in [1.165, 1.54) is 0 Å². The van der Waals surface area contributed by atoms with Crippen LogP contribution in [-0.4, -0.2) is 16.5 Å². The molecule has 2 aliphatic rings. The van der Waals surface area contributed by atoms with E-state index in [-0.39, 0.29) is 44.7 Å². The van der Waals surface area contributed by atoms with Crippen LogP contribution >= 0.6 is 0 Å². The van der Waals surface area contributed by atoms with Gasteiger partial charge in [0.2, 0.25) is 0 Å². The predicted molar refractivity (Wildman–Crippen MR) is 296 cm³/mol. The maximum absolute atomic E-state index is 11.2. The molecule has 73 heavy (non-hydrogen) atoms. The first-order valence-corrected chi connectivity index (χ1v) is 23.9. The highest BCUT2D eigenvalue weighted by Gasteiger charge is 2.48. The lowest BCUT2D eigenvalue weighted by atomic mass is 9.61. The van der Waals surface area contributed by atoms with Gasteiger partial charge in [-0.1, -0.05) is 196 Å². The van der Waals surface area contributed by atoms with Crippen molar-refractivity contribution in [3.8, 4) is 73.5 Å². The molecule has 0 fully saturated rings. The Labute approximate surface area is 439 Å². The largest absolute Gasteiger partial charge is 0.456 e. The highest BCUT2D eigenvalue weighted by atomic mass is 16.5. The maximum Gasteiger partial charge on any atom is 0.422 e. The standard InChI is InChI=1S/C65H47BN6O/c1-65(2,3)47-36-37-68-63(39-47)72-61-41-62(46(42-67)38-60(61)71-57-33-15-13-29-55(57)53-27-11-10-26-52(53)54-28-12-14-32-56(54)66(71)72)73-49-25-18-24-48(40-49)69-43-70(59-35-17-16-34-58(59)69)64-50(44-20-6-4-7-21-44)30-19-31-51(64)45-22-8-5-9-23-45/h4-41H,1-3H3/i4D,5D,6D,7D,8D,9D,20D,21D,22D,23D. The number of nitrogens with zero attached hydrogens (tertiary/aromatic N) is 6. The summed E-state index contributed by atoms with van der Waals surface area (Å²) < 4.78 is 98.1. The summed E-state index contributed by atoms with van der Waals surface area (Å²) in [4.78, 5) is 9.62. The van der Waals surface area contributed by atoms with Crippen LogP contribution < -0.4 is 24.4 Å². The Balaban J connectivity index is 0.995. The third-order valence-corrected chi connectivity index (χ3v) is 13.6. The molecule has 0 atom stereocenters. The molecule has 0 N–H and O–H groups in total. The third-order valence-electron chi connectivity index (χ3n) is 13.6. The van der Waals surface area contributed by atoms with Crippen LogP contribution in [0.5, 0.6) is 11.5 Å². The summed E-state index contributed by atoms with van der Waals surface area (Å²) in [5.74, 6) is 1.36. The third kappa shape index (κ3) is 7.36. The summed E-state index contributed by atoms with van der Waals surface area (Å²) in [5, 5.41) is 11.2. The molecule has 11 aromatic rings. The van der Waals surface area contributed by atoms with Crippen molar-refractivity contribution in [1.29, 1.82) is 5.26 Å². The predicted octanol–water partition coefficient (Wildman–Crippen LogP) is 14.7. The Morgan fingerprint density at radius 2 is 1.22 bits per heavy atom. The summed E-state index contributed by atoms with van der Waals surface area (Å²) in [6.07, 6.45) is 5.30. The molecule has 8 heteroatoms. The molecule has 0 radical (unpaired) electrons. The fourth-order valence-corrected chi connectivity index (χ4v) is 10.3. The molecule has 2 aromatic heterocycles. The van der Waals surface area contributed by atoms with Crippen LogP contribution in [0.15, 0.2) is 230 Å². The highest BCUT2D eigenvalue weighted by molar-refractivity contribution is 6.85. The van der Waals surface area contributed by atoms with Crippen molar-refractivity contribution in [3.05, 3.63) is 248 Å². The number of para-hydroxylation sites is 4. The van der Waals surface area contributed by atoms with Crippen LogP contribution in [0.25, 0.3) is 66.9 Å². The number of benzene rings is 9. The zero-order valence-electron chi connectivity index (χ0n) is 49.8. The average molecular weight is 949 g/mol. The molecule has 0 amide bonds. The lowest BCUT2D eigenvalue weighted by Gasteiger charge is -2.34. The van der Waals surface area contributed by atoms with Crippen molar-refractivity contribution in [2.45, 2.75) is 26.2 Å². The van der Waals surface area contributed by atoms with Gasteiger partial charge in [-0.05, 0) is 97.8 Å². The van der Waals surface area contributed by atoms with Crippen molar-refractivity contribution in [2.24, 2.45) is 0 Å². The number of pyridine rings is 1. The fourth-order valence-electron chi connectivity index (χ4n) is 10.3. The van der Waals surface area contributed by atoms with E-state index in [9.17, 15) is 5.26 Å². The van der Waals surface area contributed by atoms with Crippen LogP contribution in [0.1, 0.15) is 45.6 Å². The van der Waals surface area contributed by atoms with Gasteiger partial charge >= 0.3 is 6.98 Å². The summed E-state index contributed by atoms with van der Waals surface area (Å²) in [5.41, 5.74) is 10.7. The summed E-state index contributed by atoms with van der Waals surface area (Å²) in [7, 11) is 0. The number of anilines is 4. The zero-order valence-corrected chi connectivity index (χ0v) is 39.8. The molecular formula is C65H47BN6O. The second kappa shape index (κ2) is 17.4. The molecule has 9 aromatic carbocycles. The van der Waals surface area contributed by atoms with E-state index in [4.69, 9.17) is 23.4 Å². The van der Waals surface area contributed by atoms with Gasteiger partial charge in [0.05, 0.1) is 53.1 Å². The minimum Gasteiger partial charge on any atom is -0.456 e. The van der Waals surface area contributed by atoms with E-state index in [2.05, 4.69) is 110 Å². The number of ether oxygens (including phenoxy) is 1. The molecule has 13 rings (SSSR count). The molecular weight excluding hydrogens is 892 g/mol. The van der Waals surface area contributed by atoms with E-state index in [1.54, 1.807) is 45.5 Å². The molecule has 2 aliphatic heterocycles. The van der Waals surface area contributed by atoms with E-state index in [1.807, 2.05) is 66.9 Å². The Kier molecular flexibility index (Phi) is 8.12. The first-order chi connectivity index (χ1) is 40.0. The Morgan fingerprint density at radius 1 is 0.603 bits per heavy atom. The lowest BCUT2D eigenvalue weighted by Crippen LogP contribution is -2.54. The van der Waals surface area contributed by atoms with Crippen LogP contribution in [0.3, 0.4) is 0 Å². The average Bonchev–Trinajstić information content (AvgIpc) is 2.79. The minimum absolute atomic E-state index is 0.126.